The Morgan fingerprint density at radius 3 is 2.25 bits per heavy atom. The second-order valence-corrected chi connectivity index (χ2v) is 4.75. The van der Waals surface area contributed by atoms with Crippen LogP contribution in [0.1, 0.15) is 21.5 Å². The zero-order chi connectivity index (χ0) is 14.1. The van der Waals surface area contributed by atoms with Crippen LogP contribution in [0, 0.1) is 0 Å². The predicted octanol–water partition coefficient (Wildman–Crippen LogP) is 2.36. The van der Waals surface area contributed by atoms with E-state index in [9.17, 15) is 9.59 Å². The Balaban J connectivity index is 2.18. The number of allylic oxidation sites excluding steroid dienone is 1. The van der Waals surface area contributed by atoms with E-state index in [1.54, 1.807) is 18.2 Å². The van der Waals surface area contributed by atoms with Gasteiger partial charge in [-0.2, -0.15) is 0 Å². The number of primary amides is 1. The Hall–Kier alpha value is -2.68. The van der Waals surface area contributed by atoms with Gasteiger partial charge in [-0.05, 0) is 11.1 Å². The van der Waals surface area contributed by atoms with Crippen molar-refractivity contribution in [3.05, 3.63) is 76.9 Å². The van der Waals surface area contributed by atoms with Gasteiger partial charge in [0.25, 0.3) is 0 Å². The molecule has 3 rings (SSSR count). The number of carbonyl (C=O) groups excluding carboxylic acids is 2. The van der Waals surface area contributed by atoms with Crippen molar-refractivity contribution < 1.29 is 9.59 Å². The molecule has 0 aromatic heterocycles. The molecule has 0 heterocycles. The number of fused-ring (bicyclic) bond motifs is 1. The molecule has 3 nitrogen and oxygen atoms in total. The Bertz CT molecular complexity index is 730. The molecule has 20 heavy (non-hydrogen) atoms. The summed E-state index contributed by atoms with van der Waals surface area (Å²) in [6.07, 6.45) is 0.460. The summed E-state index contributed by atoms with van der Waals surface area (Å²) in [6.45, 7) is 0. The molecule has 0 bridgehead atoms. The standard InChI is InChI=1S/C17H13NO2/c18-17(20)15(11-6-2-1-3-7-11)14-10-12-8-4-5-9-13(12)16(14)19/h1-9H,10H2,(H2,18,20)/b15-14+. The van der Waals surface area contributed by atoms with E-state index in [2.05, 4.69) is 0 Å². The minimum absolute atomic E-state index is 0.0988. The predicted molar refractivity (Wildman–Crippen MR) is 77.0 cm³/mol. The summed E-state index contributed by atoms with van der Waals surface area (Å²) in [5.41, 5.74) is 8.61. The molecule has 2 aromatic rings. The fourth-order valence-electron chi connectivity index (χ4n) is 2.60. The van der Waals surface area contributed by atoms with Crippen LogP contribution < -0.4 is 5.73 Å². The topological polar surface area (TPSA) is 60.2 Å². The molecule has 3 heteroatoms. The lowest BCUT2D eigenvalue weighted by atomic mass is 9.97. The van der Waals surface area contributed by atoms with Gasteiger partial charge in [0.05, 0.1) is 5.57 Å². The summed E-state index contributed by atoms with van der Waals surface area (Å²) >= 11 is 0. The van der Waals surface area contributed by atoms with Crippen LogP contribution in [0.4, 0.5) is 0 Å². The Morgan fingerprint density at radius 2 is 1.60 bits per heavy atom. The Morgan fingerprint density at radius 1 is 0.950 bits per heavy atom. The van der Waals surface area contributed by atoms with Gasteiger partial charge in [-0.1, -0.05) is 54.6 Å². The molecule has 98 valence electrons. The monoisotopic (exact) mass is 263 g/mol. The van der Waals surface area contributed by atoms with E-state index in [-0.39, 0.29) is 5.78 Å². The maximum absolute atomic E-state index is 12.5. The third-order valence-corrected chi connectivity index (χ3v) is 3.51. The summed E-state index contributed by atoms with van der Waals surface area (Å²) in [5.74, 6) is -0.661. The summed E-state index contributed by atoms with van der Waals surface area (Å²) in [4.78, 5) is 24.2. The fourth-order valence-corrected chi connectivity index (χ4v) is 2.60. The fraction of sp³-hybridized carbons (Fsp3) is 0.0588. The van der Waals surface area contributed by atoms with Crippen LogP contribution in [0.2, 0.25) is 0 Å². The Kier molecular flexibility index (Phi) is 2.95. The summed E-state index contributed by atoms with van der Waals surface area (Å²) in [7, 11) is 0. The van der Waals surface area contributed by atoms with Crippen LogP contribution in [0.3, 0.4) is 0 Å². The van der Waals surface area contributed by atoms with Gasteiger partial charge in [-0.3, -0.25) is 9.59 Å². The number of amides is 1. The molecule has 0 saturated carbocycles. The largest absolute Gasteiger partial charge is 0.366 e. The first-order chi connectivity index (χ1) is 9.68. The normalized spacial score (nSPS) is 15.9. The molecule has 0 unspecified atom stereocenters. The van der Waals surface area contributed by atoms with E-state index < -0.39 is 5.91 Å². The number of nitrogens with two attached hydrogens (primary N) is 1. The second-order valence-electron chi connectivity index (χ2n) is 4.75. The molecule has 1 amide bonds. The Labute approximate surface area is 116 Å². The number of rotatable bonds is 2. The molecular weight excluding hydrogens is 250 g/mol. The highest BCUT2D eigenvalue weighted by molar-refractivity contribution is 6.29. The van der Waals surface area contributed by atoms with Crippen LogP contribution in [0.5, 0.6) is 0 Å². The highest BCUT2D eigenvalue weighted by Crippen LogP contribution is 2.31. The third kappa shape index (κ3) is 1.93. The number of benzene rings is 2. The third-order valence-electron chi connectivity index (χ3n) is 3.51. The SMILES string of the molecule is NC(=O)/C(=C1\Cc2ccccc2C1=O)c1ccccc1. The molecule has 1 aliphatic carbocycles. The number of Topliss-reactive ketones (excluding diaryl/α,β-unsaturated/α-hetero) is 1. The second kappa shape index (κ2) is 4.78. The van der Waals surface area contributed by atoms with Crippen molar-refractivity contribution in [3.63, 3.8) is 0 Å². The summed E-state index contributed by atoms with van der Waals surface area (Å²) in [6, 6.07) is 16.5. The van der Waals surface area contributed by atoms with Gasteiger partial charge >= 0.3 is 0 Å². The zero-order valence-electron chi connectivity index (χ0n) is 10.8. The van der Waals surface area contributed by atoms with Gasteiger partial charge in [-0.15, -0.1) is 0 Å². The van der Waals surface area contributed by atoms with Crippen molar-refractivity contribution in [3.8, 4) is 0 Å². The van der Waals surface area contributed by atoms with E-state index >= 15 is 0 Å². The average molecular weight is 263 g/mol. The smallest absolute Gasteiger partial charge is 0.249 e. The molecule has 0 spiro atoms. The van der Waals surface area contributed by atoms with E-state index in [1.807, 2.05) is 36.4 Å². The van der Waals surface area contributed by atoms with Gasteiger partial charge < -0.3 is 5.73 Å². The van der Waals surface area contributed by atoms with Gasteiger partial charge in [0, 0.05) is 17.6 Å². The van der Waals surface area contributed by atoms with Crippen molar-refractivity contribution in [1.82, 2.24) is 0 Å². The first kappa shape index (κ1) is 12.4. The quantitative estimate of drug-likeness (QED) is 0.845. The highest BCUT2D eigenvalue weighted by Gasteiger charge is 2.29. The van der Waals surface area contributed by atoms with E-state index in [4.69, 9.17) is 5.73 Å². The first-order valence-electron chi connectivity index (χ1n) is 6.39. The van der Waals surface area contributed by atoms with Crippen molar-refractivity contribution in [1.29, 1.82) is 0 Å². The molecular formula is C17H13NO2. The van der Waals surface area contributed by atoms with Gasteiger partial charge in [0.1, 0.15) is 0 Å². The van der Waals surface area contributed by atoms with Crippen LogP contribution in [-0.4, -0.2) is 11.7 Å². The molecule has 0 radical (unpaired) electrons. The summed E-state index contributed by atoms with van der Waals surface area (Å²) in [5, 5.41) is 0. The minimum Gasteiger partial charge on any atom is -0.366 e. The zero-order valence-corrected chi connectivity index (χ0v) is 10.8. The van der Waals surface area contributed by atoms with Crippen molar-refractivity contribution in [2.75, 3.05) is 0 Å². The van der Waals surface area contributed by atoms with Crippen LogP contribution in [0.25, 0.3) is 5.57 Å². The molecule has 2 aromatic carbocycles. The van der Waals surface area contributed by atoms with E-state index in [1.165, 1.54) is 0 Å². The molecule has 0 atom stereocenters. The van der Waals surface area contributed by atoms with E-state index in [0.717, 1.165) is 5.56 Å². The highest BCUT2D eigenvalue weighted by atomic mass is 16.1. The first-order valence-corrected chi connectivity index (χ1v) is 6.39. The molecule has 0 fully saturated rings. The lowest BCUT2D eigenvalue weighted by Crippen LogP contribution is -2.17. The number of carbonyl (C=O) groups is 2. The van der Waals surface area contributed by atoms with Crippen molar-refractivity contribution in [2.24, 2.45) is 5.73 Å². The van der Waals surface area contributed by atoms with Crippen molar-refractivity contribution >= 4 is 17.3 Å². The van der Waals surface area contributed by atoms with Crippen LogP contribution >= 0.6 is 0 Å². The lowest BCUT2D eigenvalue weighted by Gasteiger charge is -2.07. The molecule has 1 aliphatic rings. The average Bonchev–Trinajstić information content (AvgIpc) is 2.78. The van der Waals surface area contributed by atoms with E-state index in [0.29, 0.717) is 28.7 Å². The number of hydrogen-bond donors (Lipinski definition) is 1. The molecule has 0 aliphatic heterocycles. The molecule has 0 saturated heterocycles. The maximum Gasteiger partial charge on any atom is 0.249 e. The summed E-state index contributed by atoms with van der Waals surface area (Å²) < 4.78 is 0. The van der Waals surface area contributed by atoms with Crippen LogP contribution in [0.15, 0.2) is 60.2 Å². The maximum atomic E-state index is 12.5. The van der Waals surface area contributed by atoms with Gasteiger partial charge in [0.15, 0.2) is 5.78 Å². The number of hydrogen-bond acceptors (Lipinski definition) is 2. The van der Waals surface area contributed by atoms with Crippen LogP contribution in [-0.2, 0) is 11.2 Å². The van der Waals surface area contributed by atoms with Crippen molar-refractivity contribution in [2.45, 2.75) is 6.42 Å². The minimum atomic E-state index is -0.563. The number of ketones is 1. The van der Waals surface area contributed by atoms with Gasteiger partial charge in [0.2, 0.25) is 5.91 Å². The molecule has 2 N–H and O–H groups in total. The lowest BCUT2D eigenvalue weighted by molar-refractivity contribution is -0.112. The van der Waals surface area contributed by atoms with Gasteiger partial charge in [-0.25, -0.2) is 0 Å².